The molecular weight excluding hydrogens is 228 g/mol. The van der Waals surface area contributed by atoms with Gasteiger partial charge in [0.25, 0.3) is 5.91 Å². The molecule has 92 valence electrons. The molecule has 0 unspecified atom stereocenters. The van der Waals surface area contributed by atoms with Crippen LogP contribution in [0.5, 0.6) is 0 Å². The summed E-state index contributed by atoms with van der Waals surface area (Å²) in [7, 11) is 0. The molecule has 1 amide bonds. The average Bonchev–Trinajstić information content (AvgIpc) is 2.36. The maximum absolute atomic E-state index is 11.9. The summed E-state index contributed by atoms with van der Waals surface area (Å²) in [6.07, 6.45) is 3.01. The van der Waals surface area contributed by atoms with Crippen molar-refractivity contribution in [2.24, 2.45) is 0 Å². The summed E-state index contributed by atoms with van der Waals surface area (Å²) in [5, 5.41) is 2.77. The van der Waals surface area contributed by atoms with Gasteiger partial charge >= 0.3 is 0 Å². The number of hydrogen-bond donors (Lipinski definition) is 2. The van der Waals surface area contributed by atoms with Crippen LogP contribution in [-0.4, -0.2) is 15.9 Å². The summed E-state index contributed by atoms with van der Waals surface area (Å²) in [5.41, 5.74) is 8.99. The first-order valence-electron chi connectivity index (χ1n) is 5.53. The van der Waals surface area contributed by atoms with Crippen molar-refractivity contribution in [3.8, 4) is 0 Å². The molecular formula is C13H14N4O. The van der Waals surface area contributed by atoms with Crippen LogP contribution in [0.4, 0.5) is 11.4 Å². The number of nitrogens with one attached hydrogen (secondary N) is 1. The monoisotopic (exact) mass is 242 g/mol. The zero-order chi connectivity index (χ0) is 13.1. The molecule has 0 aliphatic heterocycles. The number of anilines is 2. The number of benzene rings is 1. The molecule has 0 fully saturated rings. The molecule has 1 aromatic heterocycles. The molecule has 2 rings (SSSR count). The second-order valence-electron chi connectivity index (χ2n) is 4.02. The molecule has 5 nitrogen and oxygen atoms in total. The van der Waals surface area contributed by atoms with Gasteiger partial charge in [-0.25, -0.2) is 4.98 Å². The predicted molar refractivity (Wildman–Crippen MR) is 70.3 cm³/mol. The fourth-order valence-corrected chi connectivity index (χ4v) is 1.49. The van der Waals surface area contributed by atoms with Crippen LogP contribution in [0.15, 0.2) is 30.6 Å². The summed E-state index contributed by atoms with van der Waals surface area (Å²) in [5.74, 6) is -0.295. The minimum Gasteiger partial charge on any atom is -0.398 e. The third-order valence-corrected chi connectivity index (χ3v) is 2.64. The highest BCUT2D eigenvalue weighted by atomic mass is 16.1. The Balaban J connectivity index is 2.21. The third kappa shape index (κ3) is 2.45. The van der Waals surface area contributed by atoms with Gasteiger partial charge in [-0.3, -0.25) is 9.78 Å². The van der Waals surface area contributed by atoms with Gasteiger partial charge in [0.1, 0.15) is 5.69 Å². The Morgan fingerprint density at radius 1 is 1.22 bits per heavy atom. The first kappa shape index (κ1) is 12.0. The Labute approximate surface area is 105 Å². The van der Waals surface area contributed by atoms with Crippen molar-refractivity contribution in [3.63, 3.8) is 0 Å². The molecule has 0 bridgehead atoms. The van der Waals surface area contributed by atoms with Gasteiger partial charge in [0, 0.05) is 17.6 Å². The highest BCUT2D eigenvalue weighted by Gasteiger charge is 2.10. The Morgan fingerprint density at radius 3 is 2.67 bits per heavy atom. The third-order valence-electron chi connectivity index (χ3n) is 2.64. The van der Waals surface area contributed by atoms with Crippen molar-refractivity contribution in [3.05, 3.63) is 47.5 Å². The molecule has 0 saturated heterocycles. The lowest BCUT2D eigenvalue weighted by molar-refractivity contribution is 0.102. The Hall–Kier alpha value is -2.43. The fourth-order valence-electron chi connectivity index (χ4n) is 1.49. The summed E-state index contributed by atoms with van der Waals surface area (Å²) >= 11 is 0. The molecule has 0 radical (unpaired) electrons. The van der Waals surface area contributed by atoms with E-state index in [2.05, 4.69) is 15.3 Å². The summed E-state index contributed by atoms with van der Waals surface area (Å²) in [6.45, 7) is 3.67. The van der Waals surface area contributed by atoms with Crippen LogP contribution in [-0.2, 0) is 0 Å². The van der Waals surface area contributed by atoms with E-state index in [1.807, 2.05) is 13.8 Å². The Bertz CT molecular complexity index is 578. The Morgan fingerprint density at radius 2 is 2.00 bits per heavy atom. The number of nitrogen functional groups attached to an aromatic ring is 1. The maximum atomic E-state index is 11.9. The van der Waals surface area contributed by atoms with Crippen molar-refractivity contribution in [2.45, 2.75) is 13.8 Å². The van der Waals surface area contributed by atoms with Crippen molar-refractivity contribution >= 4 is 17.3 Å². The van der Waals surface area contributed by atoms with E-state index in [-0.39, 0.29) is 11.6 Å². The average molecular weight is 242 g/mol. The van der Waals surface area contributed by atoms with Crippen LogP contribution < -0.4 is 11.1 Å². The van der Waals surface area contributed by atoms with Crippen LogP contribution in [0.3, 0.4) is 0 Å². The number of rotatable bonds is 2. The largest absolute Gasteiger partial charge is 0.398 e. The highest BCUT2D eigenvalue weighted by molar-refractivity contribution is 6.03. The van der Waals surface area contributed by atoms with Gasteiger partial charge in [0.15, 0.2) is 0 Å². The molecule has 2 aromatic rings. The van der Waals surface area contributed by atoms with E-state index < -0.39 is 0 Å². The molecule has 18 heavy (non-hydrogen) atoms. The van der Waals surface area contributed by atoms with Gasteiger partial charge < -0.3 is 11.1 Å². The molecule has 5 heteroatoms. The lowest BCUT2D eigenvalue weighted by atomic mass is 10.1. The molecule has 0 aliphatic rings. The maximum Gasteiger partial charge on any atom is 0.275 e. The van der Waals surface area contributed by atoms with Crippen molar-refractivity contribution < 1.29 is 4.79 Å². The zero-order valence-corrected chi connectivity index (χ0v) is 10.3. The van der Waals surface area contributed by atoms with E-state index in [4.69, 9.17) is 5.73 Å². The lowest BCUT2D eigenvalue weighted by Gasteiger charge is -2.09. The number of aryl methyl sites for hydroxylation is 1. The lowest BCUT2D eigenvalue weighted by Crippen LogP contribution is -2.15. The quantitative estimate of drug-likeness (QED) is 0.788. The van der Waals surface area contributed by atoms with Crippen LogP contribution in [0.2, 0.25) is 0 Å². The summed E-state index contributed by atoms with van der Waals surface area (Å²) < 4.78 is 0. The van der Waals surface area contributed by atoms with E-state index in [1.165, 1.54) is 6.20 Å². The van der Waals surface area contributed by atoms with Crippen LogP contribution in [0, 0.1) is 13.8 Å². The number of carbonyl (C=O) groups excluding carboxylic acids is 1. The molecule has 0 spiro atoms. The number of nitrogens with two attached hydrogens (primary N) is 1. The summed E-state index contributed by atoms with van der Waals surface area (Å²) in [4.78, 5) is 20.0. The first-order chi connectivity index (χ1) is 8.58. The molecule has 0 aliphatic carbocycles. The van der Waals surface area contributed by atoms with E-state index in [0.717, 1.165) is 11.3 Å². The van der Waals surface area contributed by atoms with Gasteiger partial charge in [0.05, 0.1) is 11.9 Å². The number of carbonyl (C=O) groups is 1. The number of aromatic nitrogens is 2. The van der Waals surface area contributed by atoms with Crippen LogP contribution >= 0.6 is 0 Å². The minimum atomic E-state index is -0.295. The van der Waals surface area contributed by atoms with Crippen molar-refractivity contribution in [1.82, 2.24) is 9.97 Å². The zero-order valence-electron chi connectivity index (χ0n) is 10.3. The van der Waals surface area contributed by atoms with Crippen LogP contribution in [0.1, 0.15) is 21.7 Å². The van der Waals surface area contributed by atoms with E-state index in [0.29, 0.717) is 11.4 Å². The highest BCUT2D eigenvalue weighted by Crippen LogP contribution is 2.20. The summed E-state index contributed by atoms with van der Waals surface area (Å²) in [6, 6.07) is 5.38. The molecule has 3 N–H and O–H groups in total. The molecule has 1 aromatic carbocycles. The normalized spacial score (nSPS) is 10.1. The second-order valence-corrected chi connectivity index (χ2v) is 4.02. The number of amides is 1. The Kier molecular flexibility index (Phi) is 3.23. The van der Waals surface area contributed by atoms with Gasteiger partial charge in [0.2, 0.25) is 0 Å². The number of nitrogens with zero attached hydrogens (tertiary/aromatic N) is 2. The fraction of sp³-hybridized carbons (Fsp3) is 0.154. The van der Waals surface area contributed by atoms with E-state index in [1.54, 1.807) is 24.4 Å². The molecule has 0 atom stereocenters. The minimum absolute atomic E-state index is 0.280. The smallest absolute Gasteiger partial charge is 0.275 e. The van der Waals surface area contributed by atoms with Crippen LogP contribution in [0.25, 0.3) is 0 Å². The van der Waals surface area contributed by atoms with E-state index in [9.17, 15) is 4.79 Å². The molecule has 1 heterocycles. The van der Waals surface area contributed by atoms with Gasteiger partial charge in [-0.1, -0.05) is 6.07 Å². The SMILES string of the molecule is Cc1cnc(C(=O)Nc2cccc(N)c2C)cn1. The van der Waals surface area contributed by atoms with Gasteiger partial charge in [-0.2, -0.15) is 0 Å². The van der Waals surface area contributed by atoms with Gasteiger partial charge in [-0.15, -0.1) is 0 Å². The van der Waals surface area contributed by atoms with Crippen molar-refractivity contribution in [2.75, 3.05) is 11.1 Å². The number of hydrogen-bond acceptors (Lipinski definition) is 4. The topological polar surface area (TPSA) is 80.9 Å². The standard InChI is InChI=1S/C13H14N4O/c1-8-6-16-12(7-15-8)13(18)17-11-5-3-4-10(14)9(11)2/h3-7H,14H2,1-2H3,(H,17,18). The molecule has 0 saturated carbocycles. The van der Waals surface area contributed by atoms with Gasteiger partial charge in [-0.05, 0) is 31.5 Å². The predicted octanol–water partition coefficient (Wildman–Crippen LogP) is 1.93. The second kappa shape index (κ2) is 4.83. The first-order valence-corrected chi connectivity index (χ1v) is 5.53. The van der Waals surface area contributed by atoms with E-state index >= 15 is 0 Å². The van der Waals surface area contributed by atoms with Crippen molar-refractivity contribution in [1.29, 1.82) is 0 Å².